The first kappa shape index (κ1) is 16.8. The normalized spacial score (nSPS) is 8.73. The molecule has 0 radical (unpaired) electrons. The Morgan fingerprint density at radius 3 is 1.23 bits per heavy atom. The second-order valence-electron chi connectivity index (χ2n) is 3.97. The van der Waals surface area contributed by atoms with Gasteiger partial charge in [0.2, 0.25) is 24.3 Å². The molecular weight excluding hydrogens is 288 g/mol. The summed E-state index contributed by atoms with van der Waals surface area (Å²) in [5.74, 6) is 0. The predicted octanol–water partition coefficient (Wildman–Crippen LogP) is 1.03. The van der Waals surface area contributed by atoms with Crippen LogP contribution in [0.4, 0.5) is 0 Å². The Morgan fingerprint density at radius 1 is 0.591 bits per heavy atom. The molecule has 22 heavy (non-hydrogen) atoms. The van der Waals surface area contributed by atoms with Crippen molar-refractivity contribution < 1.29 is 19.2 Å². The predicted molar refractivity (Wildman–Crippen MR) is 73.7 cm³/mol. The lowest BCUT2D eigenvalue weighted by atomic mass is 9.95. The minimum atomic E-state index is -0.0183. The Morgan fingerprint density at radius 2 is 0.909 bits per heavy atom. The highest BCUT2D eigenvalue weighted by atomic mass is 16.1. The highest BCUT2D eigenvalue weighted by Gasteiger charge is 2.13. The van der Waals surface area contributed by atoms with Crippen molar-refractivity contribution in [3.63, 3.8) is 0 Å². The van der Waals surface area contributed by atoms with E-state index in [0.29, 0.717) is 22.3 Å². The van der Waals surface area contributed by atoms with E-state index in [1.165, 1.54) is 24.3 Å². The lowest BCUT2D eigenvalue weighted by Crippen LogP contribution is -2.03. The van der Waals surface area contributed by atoms with Gasteiger partial charge in [-0.3, -0.25) is 0 Å². The molecular formula is C14H10N4O4. The average Bonchev–Trinajstić information content (AvgIpc) is 2.55. The van der Waals surface area contributed by atoms with E-state index in [-0.39, 0.29) is 26.2 Å². The van der Waals surface area contributed by atoms with E-state index < -0.39 is 0 Å². The maximum Gasteiger partial charge on any atom is 0.235 e. The first-order chi connectivity index (χ1) is 10.8. The van der Waals surface area contributed by atoms with Gasteiger partial charge in [-0.25, -0.2) is 39.1 Å². The van der Waals surface area contributed by atoms with Gasteiger partial charge in [-0.15, -0.1) is 0 Å². The first-order valence-corrected chi connectivity index (χ1v) is 6.05. The van der Waals surface area contributed by atoms with Crippen LogP contribution in [0.3, 0.4) is 0 Å². The molecule has 0 aromatic heterocycles. The lowest BCUT2D eigenvalue weighted by Gasteiger charge is -2.13. The topological polar surface area (TPSA) is 118 Å². The molecule has 8 heteroatoms. The molecule has 0 heterocycles. The van der Waals surface area contributed by atoms with Gasteiger partial charge >= 0.3 is 0 Å². The summed E-state index contributed by atoms with van der Waals surface area (Å²) in [6, 6.07) is 3.33. The van der Waals surface area contributed by atoms with E-state index in [4.69, 9.17) is 0 Å². The molecule has 0 bridgehead atoms. The minimum Gasteiger partial charge on any atom is -0.211 e. The second kappa shape index (κ2) is 9.61. The van der Waals surface area contributed by atoms with Crippen LogP contribution in [0.5, 0.6) is 0 Å². The molecule has 0 amide bonds. The molecule has 0 unspecified atom stereocenters. The van der Waals surface area contributed by atoms with Gasteiger partial charge in [0.05, 0.1) is 26.2 Å². The van der Waals surface area contributed by atoms with Gasteiger partial charge in [-0.05, 0) is 22.3 Å². The van der Waals surface area contributed by atoms with Crippen molar-refractivity contribution in [2.45, 2.75) is 26.2 Å². The van der Waals surface area contributed by atoms with Crippen LogP contribution in [0.1, 0.15) is 22.3 Å². The summed E-state index contributed by atoms with van der Waals surface area (Å²) in [6.07, 6.45) is 5.68. The molecule has 0 N–H and O–H groups in total. The van der Waals surface area contributed by atoms with Gasteiger partial charge < -0.3 is 0 Å². The third-order valence-electron chi connectivity index (χ3n) is 2.86. The summed E-state index contributed by atoms with van der Waals surface area (Å²) in [6.45, 7) is 0.0512. The van der Waals surface area contributed by atoms with Crippen LogP contribution in [0.2, 0.25) is 0 Å². The minimum absolute atomic E-state index is 0.0183. The quantitative estimate of drug-likeness (QED) is 0.526. The number of nitrogens with zero attached hydrogens (tertiary/aromatic N) is 4. The summed E-state index contributed by atoms with van der Waals surface area (Å²) in [5, 5.41) is 0. The van der Waals surface area contributed by atoms with E-state index in [9.17, 15) is 19.2 Å². The van der Waals surface area contributed by atoms with Crippen molar-refractivity contribution in [3.05, 3.63) is 34.4 Å². The Labute approximate surface area is 125 Å². The monoisotopic (exact) mass is 298 g/mol. The zero-order valence-corrected chi connectivity index (χ0v) is 11.4. The largest absolute Gasteiger partial charge is 0.235 e. The molecule has 0 aliphatic heterocycles. The van der Waals surface area contributed by atoms with E-state index >= 15 is 0 Å². The fraction of sp³-hybridized carbons (Fsp3) is 0.286. The third-order valence-corrected chi connectivity index (χ3v) is 2.86. The molecule has 1 rings (SSSR count). The number of isocyanates is 4. The van der Waals surface area contributed by atoms with Gasteiger partial charge in [0.15, 0.2) is 0 Å². The Hall–Kier alpha value is -3.26. The van der Waals surface area contributed by atoms with Crippen molar-refractivity contribution >= 4 is 24.3 Å². The molecule has 0 saturated heterocycles. The number of hydrogen-bond acceptors (Lipinski definition) is 8. The van der Waals surface area contributed by atoms with E-state index in [1.807, 2.05) is 0 Å². The van der Waals surface area contributed by atoms with Gasteiger partial charge in [0.25, 0.3) is 0 Å². The Kier molecular flexibility index (Phi) is 7.34. The first-order valence-electron chi connectivity index (χ1n) is 6.05. The van der Waals surface area contributed by atoms with Gasteiger partial charge in [-0.1, -0.05) is 12.1 Å². The smallest absolute Gasteiger partial charge is 0.211 e. The highest BCUT2D eigenvalue weighted by Crippen LogP contribution is 2.23. The van der Waals surface area contributed by atoms with Crippen LogP contribution in [0.15, 0.2) is 32.1 Å². The van der Waals surface area contributed by atoms with Crippen molar-refractivity contribution in [2.24, 2.45) is 20.0 Å². The van der Waals surface area contributed by atoms with Gasteiger partial charge in [0, 0.05) is 0 Å². The summed E-state index contributed by atoms with van der Waals surface area (Å²) < 4.78 is 0. The molecule has 0 aliphatic carbocycles. The molecule has 0 saturated carbocycles. The number of aliphatic imine (C=N–C) groups is 4. The zero-order chi connectivity index (χ0) is 16.2. The Balaban J connectivity index is 3.46. The van der Waals surface area contributed by atoms with Crippen LogP contribution in [-0.2, 0) is 45.4 Å². The van der Waals surface area contributed by atoms with Crippen LogP contribution >= 0.6 is 0 Å². The summed E-state index contributed by atoms with van der Waals surface area (Å²) >= 11 is 0. The average molecular weight is 298 g/mol. The van der Waals surface area contributed by atoms with E-state index in [2.05, 4.69) is 20.0 Å². The maximum atomic E-state index is 10.4. The van der Waals surface area contributed by atoms with E-state index in [0.717, 1.165) is 0 Å². The summed E-state index contributed by atoms with van der Waals surface area (Å²) in [5.41, 5.74) is 2.38. The standard InChI is InChI=1S/C14H10N4O4/c19-7-15-3-11-1-2-12(4-16-8-20)14(6-18-10-22)13(11)5-17-9-21/h1-2H,3-6H2. The highest BCUT2D eigenvalue weighted by molar-refractivity contribution is 5.46. The molecule has 0 fully saturated rings. The number of carbonyl (C=O) groups excluding carboxylic acids is 4. The van der Waals surface area contributed by atoms with Crippen molar-refractivity contribution in [1.82, 2.24) is 0 Å². The lowest BCUT2D eigenvalue weighted by molar-refractivity contribution is 0.560. The molecule has 1 aromatic carbocycles. The SMILES string of the molecule is O=C=NCc1ccc(CN=C=O)c(CN=C=O)c1CN=C=O. The van der Waals surface area contributed by atoms with Crippen molar-refractivity contribution in [2.75, 3.05) is 0 Å². The van der Waals surface area contributed by atoms with Gasteiger partial charge in [0.1, 0.15) is 0 Å². The fourth-order valence-corrected chi connectivity index (χ4v) is 1.94. The molecule has 0 atom stereocenters. The maximum absolute atomic E-state index is 10.4. The van der Waals surface area contributed by atoms with Crippen LogP contribution < -0.4 is 0 Å². The van der Waals surface area contributed by atoms with Gasteiger partial charge in [-0.2, -0.15) is 0 Å². The fourth-order valence-electron chi connectivity index (χ4n) is 1.94. The van der Waals surface area contributed by atoms with Crippen molar-refractivity contribution in [1.29, 1.82) is 0 Å². The zero-order valence-electron chi connectivity index (χ0n) is 11.4. The molecule has 110 valence electrons. The molecule has 8 nitrogen and oxygen atoms in total. The summed E-state index contributed by atoms with van der Waals surface area (Å²) in [7, 11) is 0. The molecule has 1 aromatic rings. The van der Waals surface area contributed by atoms with Crippen LogP contribution in [0.25, 0.3) is 0 Å². The number of hydrogen-bond donors (Lipinski definition) is 0. The van der Waals surface area contributed by atoms with E-state index in [1.54, 1.807) is 12.1 Å². The molecule has 0 spiro atoms. The molecule has 0 aliphatic rings. The number of benzene rings is 1. The van der Waals surface area contributed by atoms with Crippen molar-refractivity contribution in [3.8, 4) is 0 Å². The summed E-state index contributed by atoms with van der Waals surface area (Å²) in [4.78, 5) is 55.2. The third kappa shape index (κ3) is 4.69. The number of rotatable bonds is 8. The van der Waals surface area contributed by atoms with Crippen LogP contribution in [-0.4, -0.2) is 24.3 Å². The van der Waals surface area contributed by atoms with Crippen LogP contribution in [0, 0.1) is 0 Å². The Bertz CT molecular complexity index is 670. The second-order valence-corrected chi connectivity index (χ2v) is 3.97.